The molecule has 1 atom stereocenters. The fraction of sp³-hybridized carbons (Fsp3) is 0.438. The van der Waals surface area contributed by atoms with Gasteiger partial charge < -0.3 is 23.9 Å². The summed E-state index contributed by atoms with van der Waals surface area (Å²) >= 11 is 1.15. The van der Waals surface area contributed by atoms with Gasteiger partial charge in [0.2, 0.25) is 17.6 Å². The Kier molecular flexibility index (Phi) is 9.72. The number of hydrogen-bond acceptors (Lipinski definition) is 10. The predicted octanol–water partition coefficient (Wildman–Crippen LogP) is 6.11. The molecule has 226 valence electrons. The molecule has 1 saturated carbocycles. The number of carbonyl (C=O) groups is 2. The van der Waals surface area contributed by atoms with E-state index in [4.69, 9.17) is 20.1 Å². The molecule has 1 saturated heterocycles. The number of likely N-dealkylation sites (N-methyl/N-ethyl adjacent to an activating group) is 1. The summed E-state index contributed by atoms with van der Waals surface area (Å²) in [5, 5.41) is 21.4. The number of nitrogens with zero attached hydrogens (tertiary/aromatic N) is 4. The van der Waals surface area contributed by atoms with Crippen LogP contribution in [0.3, 0.4) is 0 Å². The highest BCUT2D eigenvalue weighted by molar-refractivity contribution is 8.26. The third kappa shape index (κ3) is 7.77. The van der Waals surface area contributed by atoms with E-state index in [1.165, 1.54) is 12.8 Å². The van der Waals surface area contributed by atoms with Crippen LogP contribution in [0.5, 0.6) is 11.5 Å². The van der Waals surface area contributed by atoms with Gasteiger partial charge in [0.25, 0.3) is 0 Å². The third-order valence-corrected chi connectivity index (χ3v) is 8.92. The van der Waals surface area contributed by atoms with Crippen LogP contribution in [0.4, 0.5) is 0 Å². The van der Waals surface area contributed by atoms with Gasteiger partial charge in [-0.15, -0.1) is 0 Å². The van der Waals surface area contributed by atoms with Gasteiger partial charge in [-0.2, -0.15) is 4.98 Å². The summed E-state index contributed by atoms with van der Waals surface area (Å²) in [7, 11) is 2.06. The summed E-state index contributed by atoms with van der Waals surface area (Å²) in [6.07, 6.45) is 4.94. The van der Waals surface area contributed by atoms with Crippen molar-refractivity contribution in [3.8, 4) is 22.9 Å². The number of thioether (sulfide) groups is 1. The fourth-order valence-corrected chi connectivity index (χ4v) is 5.69. The zero-order valence-corrected chi connectivity index (χ0v) is 25.7. The first-order valence-electron chi connectivity index (χ1n) is 14.7. The summed E-state index contributed by atoms with van der Waals surface area (Å²) < 4.78 is 12.0. The maximum atomic E-state index is 12.4. The second-order valence-corrected chi connectivity index (χ2v) is 12.6. The Labute approximate surface area is 256 Å². The van der Waals surface area contributed by atoms with E-state index in [9.17, 15) is 9.59 Å². The summed E-state index contributed by atoms with van der Waals surface area (Å²) in [4.78, 5) is 32.5. The monoisotopic (exact) mass is 602 g/mol. The molecule has 2 heterocycles. The lowest BCUT2D eigenvalue weighted by molar-refractivity contribution is -0.128. The highest BCUT2D eigenvalue weighted by atomic mass is 32.2. The maximum absolute atomic E-state index is 12.4. The quantitative estimate of drug-likeness (QED) is 0.136. The van der Waals surface area contributed by atoms with Crippen LogP contribution in [0.1, 0.15) is 68.9 Å². The summed E-state index contributed by atoms with van der Waals surface area (Å²) in [5.74, 6) is 2.00. The van der Waals surface area contributed by atoms with Gasteiger partial charge in [0.1, 0.15) is 22.8 Å². The van der Waals surface area contributed by atoms with Gasteiger partial charge in [-0.3, -0.25) is 15.6 Å². The van der Waals surface area contributed by atoms with E-state index in [0.717, 1.165) is 30.0 Å². The molecule has 2 fully saturated rings. The van der Waals surface area contributed by atoms with Crippen LogP contribution in [-0.2, 0) is 16.1 Å². The Morgan fingerprint density at radius 3 is 2.63 bits per heavy atom. The van der Waals surface area contributed by atoms with Crippen molar-refractivity contribution in [2.45, 2.75) is 64.5 Å². The van der Waals surface area contributed by atoms with Crippen molar-refractivity contribution in [3.63, 3.8) is 0 Å². The zero-order chi connectivity index (χ0) is 30.5. The van der Waals surface area contributed by atoms with Crippen LogP contribution in [0.25, 0.3) is 11.4 Å². The molecule has 1 aromatic heterocycles. The minimum atomic E-state index is -0.180. The van der Waals surface area contributed by atoms with Gasteiger partial charge >= 0.3 is 0 Å². The van der Waals surface area contributed by atoms with Crippen LogP contribution in [-0.4, -0.2) is 68.4 Å². The summed E-state index contributed by atoms with van der Waals surface area (Å²) in [5.41, 5.74) is 2.25. The minimum Gasteiger partial charge on any atom is -0.457 e. The molecule has 0 bridgehead atoms. The van der Waals surface area contributed by atoms with Crippen molar-refractivity contribution in [1.29, 1.82) is 10.8 Å². The lowest BCUT2D eigenvalue weighted by Gasteiger charge is -2.19. The highest BCUT2D eigenvalue weighted by Crippen LogP contribution is 2.34. The van der Waals surface area contributed by atoms with Crippen molar-refractivity contribution in [2.75, 3.05) is 20.1 Å². The Balaban J connectivity index is 1.38. The largest absolute Gasteiger partial charge is 0.457 e. The molecule has 10 nitrogen and oxygen atoms in total. The van der Waals surface area contributed by atoms with Crippen molar-refractivity contribution in [3.05, 3.63) is 59.5 Å². The number of rotatable bonds is 13. The third-order valence-electron chi connectivity index (χ3n) is 7.79. The standard InChI is InChI=1S/C32H38N6O4S/c1-20(2)29(33)43-30(34)21-8-12-26(13-9-21)41-27-17-22(6-7-23(27)19-38-15-4-5-28(38)40)31-35-32(42-36-31)24(14-16-39)18-37(3)25-10-11-25/h6-9,12-13,16-17,20,24-25,33-34H,4-5,10-11,14-15,18-19H2,1-3H3. The molecule has 43 heavy (non-hydrogen) atoms. The fourth-order valence-electron chi connectivity index (χ4n) is 4.98. The SMILES string of the molecule is CC(C)C(=N)SC(=N)c1ccc(Oc2cc(-c3noc(C(CC=O)CN(C)C4CC4)n3)ccc2CN2CCCC2=O)cc1. The van der Waals surface area contributed by atoms with E-state index in [1.54, 1.807) is 12.1 Å². The van der Waals surface area contributed by atoms with Gasteiger partial charge in [-0.05, 0) is 56.6 Å². The van der Waals surface area contributed by atoms with Crippen molar-refractivity contribution >= 4 is 34.0 Å². The number of hydrogen-bond donors (Lipinski definition) is 2. The first-order chi connectivity index (χ1) is 20.7. The van der Waals surface area contributed by atoms with E-state index in [0.29, 0.717) is 82.9 Å². The second-order valence-electron chi connectivity index (χ2n) is 11.5. The van der Waals surface area contributed by atoms with Gasteiger partial charge in [-0.25, -0.2) is 0 Å². The van der Waals surface area contributed by atoms with Crippen molar-refractivity contribution in [1.82, 2.24) is 19.9 Å². The smallest absolute Gasteiger partial charge is 0.231 e. The van der Waals surface area contributed by atoms with Crippen LogP contribution in [0.15, 0.2) is 47.0 Å². The molecule has 2 N–H and O–H groups in total. The van der Waals surface area contributed by atoms with Gasteiger partial charge in [0.15, 0.2) is 0 Å². The molecule has 0 spiro atoms. The Hall–Kier alpha value is -3.83. The second kappa shape index (κ2) is 13.6. The molecule has 1 aliphatic carbocycles. The summed E-state index contributed by atoms with van der Waals surface area (Å²) in [6, 6.07) is 13.4. The molecule has 5 rings (SSSR count). The average Bonchev–Trinajstić information content (AvgIpc) is 3.60. The van der Waals surface area contributed by atoms with Crippen LogP contribution in [0.2, 0.25) is 0 Å². The lowest BCUT2D eigenvalue weighted by Crippen LogP contribution is -2.27. The maximum Gasteiger partial charge on any atom is 0.231 e. The van der Waals surface area contributed by atoms with Crippen molar-refractivity contribution < 1.29 is 18.8 Å². The van der Waals surface area contributed by atoms with Crippen molar-refractivity contribution in [2.24, 2.45) is 5.92 Å². The van der Waals surface area contributed by atoms with Gasteiger partial charge in [0, 0.05) is 61.1 Å². The number of likely N-dealkylation sites (tertiary alicyclic amines) is 1. The number of ether oxygens (including phenoxy) is 1. The zero-order valence-electron chi connectivity index (χ0n) is 24.8. The average molecular weight is 603 g/mol. The van der Waals surface area contributed by atoms with Gasteiger partial charge in [0.05, 0.1) is 11.0 Å². The predicted molar refractivity (Wildman–Crippen MR) is 167 cm³/mol. The van der Waals surface area contributed by atoms with Crippen LogP contribution in [0, 0.1) is 16.7 Å². The molecule has 1 unspecified atom stereocenters. The number of benzene rings is 2. The molecule has 0 radical (unpaired) electrons. The Morgan fingerprint density at radius 1 is 1.21 bits per heavy atom. The van der Waals surface area contributed by atoms with E-state index < -0.39 is 0 Å². The van der Waals surface area contributed by atoms with E-state index in [-0.39, 0.29) is 17.7 Å². The van der Waals surface area contributed by atoms with E-state index in [1.807, 2.05) is 49.1 Å². The van der Waals surface area contributed by atoms with Crippen LogP contribution >= 0.6 is 11.8 Å². The molecular weight excluding hydrogens is 564 g/mol. The first kappa shape index (κ1) is 30.6. The minimum absolute atomic E-state index is 0.0661. The number of carbonyl (C=O) groups excluding carboxylic acids is 2. The molecule has 2 aliphatic rings. The van der Waals surface area contributed by atoms with Gasteiger partial charge in [-0.1, -0.05) is 42.9 Å². The number of aldehydes is 1. The Bertz CT molecular complexity index is 1480. The molecule has 2 aromatic carbocycles. The van der Waals surface area contributed by atoms with E-state index >= 15 is 0 Å². The summed E-state index contributed by atoms with van der Waals surface area (Å²) in [6.45, 7) is 5.69. The van der Waals surface area contributed by atoms with Crippen LogP contribution < -0.4 is 4.74 Å². The molecule has 3 aromatic rings. The normalized spacial score (nSPS) is 15.7. The topological polar surface area (TPSA) is 136 Å². The number of nitrogens with one attached hydrogen (secondary N) is 2. The molecular formula is C32H38N6O4S. The molecule has 1 aliphatic heterocycles. The lowest BCUT2D eigenvalue weighted by atomic mass is 10.1. The Morgan fingerprint density at radius 2 is 1.98 bits per heavy atom. The van der Waals surface area contributed by atoms with E-state index in [2.05, 4.69) is 22.1 Å². The highest BCUT2D eigenvalue weighted by Gasteiger charge is 2.30. The number of amides is 1. The molecule has 1 amide bonds. The molecule has 11 heteroatoms. The first-order valence-corrected chi connectivity index (χ1v) is 15.5. The number of aromatic nitrogens is 2.